The molecule has 7 unspecified atom stereocenters. The monoisotopic (exact) mass is 496 g/mol. The maximum atomic E-state index is 12.4. The zero-order chi connectivity index (χ0) is 24.6. The Kier molecular flexibility index (Phi) is 7.00. The van der Waals surface area contributed by atoms with Crippen LogP contribution < -0.4 is 5.32 Å². The van der Waals surface area contributed by atoms with Crippen molar-refractivity contribution in [2.45, 2.75) is 43.1 Å². The van der Waals surface area contributed by atoms with Gasteiger partial charge in [0.2, 0.25) is 0 Å². The molecule has 0 radical (unpaired) electrons. The molecular formula is C21H21ClN2O10. The molecular weight excluding hydrogens is 476 g/mol. The molecule has 1 aromatic heterocycles. The van der Waals surface area contributed by atoms with Crippen LogP contribution in [0.2, 0.25) is 5.02 Å². The molecule has 0 bridgehead atoms. The van der Waals surface area contributed by atoms with Gasteiger partial charge in [0.25, 0.3) is 5.91 Å². The van der Waals surface area contributed by atoms with Crippen molar-refractivity contribution >= 4 is 23.5 Å². The lowest BCUT2D eigenvalue weighted by Gasteiger charge is -2.38. The fourth-order valence-corrected chi connectivity index (χ4v) is 3.61. The highest BCUT2D eigenvalue weighted by atomic mass is 35.5. The summed E-state index contributed by atoms with van der Waals surface area (Å²) in [5.41, 5.74) is 1.06. The van der Waals surface area contributed by atoms with E-state index in [-0.39, 0.29) is 18.0 Å². The second-order valence-corrected chi connectivity index (χ2v) is 8.16. The van der Waals surface area contributed by atoms with Crippen molar-refractivity contribution in [2.24, 2.45) is 0 Å². The second-order valence-electron chi connectivity index (χ2n) is 7.73. The molecule has 0 spiro atoms. The third kappa shape index (κ3) is 5.13. The minimum atomic E-state index is -1.84. The number of carbonyl (C=O) groups excluding carboxylic acids is 1. The molecule has 2 fully saturated rings. The average Bonchev–Trinajstić information content (AvgIpc) is 3.55. The van der Waals surface area contributed by atoms with Gasteiger partial charge in [-0.05, 0) is 23.8 Å². The van der Waals surface area contributed by atoms with E-state index in [1.807, 2.05) is 0 Å². The van der Waals surface area contributed by atoms with Crippen LogP contribution in [0.5, 0.6) is 5.75 Å². The van der Waals surface area contributed by atoms with Crippen molar-refractivity contribution in [1.82, 2.24) is 10.3 Å². The number of halogens is 1. The summed E-state index contributed by atoms with van der Waals surface area (Å²) in [6.45, 7) is -0.0585. The number of nitrogens with one attached hydrogen (secondary N) is 1. The topological polar surface area (TPSA) is 191 Å². The fraction of sp³-hybridized carbons (Fsp3) is 0.381. The summed E-state index contributed by atoms with van der Waals surface area (Å²) in [4.78, 5) is 27.6. The highest BCUT2D eigenvalue weighted by Crippen LogP contribution is 2.30. The first-order valence-electron chi connectivity index (χ1n) is 10.1. The van der Waals surface area contributed by atoms with Gasteiger partial charge in [-0.3, -0.25) is 4.79 Å². The van der Waals surface area contributed by atoms with E-state index in [1.165, 1.54) is 12.3 Å². The first kappa shape index (κ1) is 24.3. The van der Waals surface area contributed by atoms with E-state index < -0.39 is 55.0 Å². The summed E-state index contributed by atoms with van der Waals surface area (Å²) in [5, 5.41) is 51.8. The third-order valence-corrected chi connectivity index (χ3v) is 5.56. The molecule has 7 atom stereocenters. The van der Waals surface area contributed by atoms with Crippen LogP contribution in [-0.2, 0) is 19.0 Å². The van der Waals surface area contributed by atoms with Crippen LogP contribution in [0.1, 0.15) is 10.5 Å². The van der Waals surface area contributed by atoms with E-state index >= 15 is 0 Å². The number of carbonyl (C=O) groups is 2. The first-order chi connectivity index (χ1) is 16.2. The van der Waals surface area contributed by atoms with E-state index in [1.54, 1.807) is 24.3 Å². The number of pyridine rings is 1. The predicted octanol–water partition coefficient (Wildman–Crippen LogP) is -0.529. The molecule has 0 saturated carbocycles. The summed E-state index contributed by atoms with van der Waals surface area (Å²) in [6, 6.07) is 8.29. The van der Waals surface area contributed by atoms with Crippen LogP contribution >= 0.6 is 11.6 Å². The lowest BCUT2D eigenvalue weighted by Crippen LogP contribution is -2.60. The molecule has 4 rings (SSSR count). The standard InChI is InChI=1S/C21H21ClN2O10/c22-10-3-1-2-8(4-10)9-5-11(25)13(23-6-9)18(29)24-7-12-20(32-12)34-21-16(28)14(26)15(27)17(33-21)19(30)31/h1-6,12,14-17,20-21,25-28H,7H2,(H,24,29)(H,30,31). The lowest BCUT2D eigenvalue weighted by atomic mass is 9.99. The Morgan fingerprint density at radius 1 is 1.06 bits per heavy atom. The number of ether oxygens (including phenoxy) is 3. The number of rotatable bonds is 7. The fourth-order valence-electron chi connectivity index (χ4n) is 3.42. The number of aliphatic hydroxyl groups excluding tert-OH is 3. The number of epoxide rings is 1. The predicted molar refractivity (Wildman–Crippen MR) is 113 cm³/mol. The summed E-state index contributed by atoms with van der Waals surface area (Å²) in [6.07, 6.45) is -8.96. The van der Waals surface area contributed by atoms with Gasteiger partial charge in [0.15, 0.2) is 24.4 Å². The number of nitrogens with zero attached hydrogens (tertiary/aromatic N) is 1. The van der Waals surface area contributed by atoms with E-state index in [9.17, 15) is 30.0 Å². The van der Waals surface area contributed by atoms with Crippen LogP contribution in [0.15, 0.2) is 36.5 Å². The first-order valence-corrected chi connectivity index (χ1v) is 10.5. The number of benzene rings is 1. The van der Waals surface area contributed by atoms with Crippen molar-refractivity contribution in [2.75, 3.05) is 6.54 Å². The molecule has 2 aliphatic heterocycles. The minimum absolute atomic E-state index is 0.0585. The zero-order valence-electron chi connectivity index (χ0n) is 17.3. The lowest BCUT2D eigenvalue weighted by molar-refractivity contribution is -0.302. The number of hydrogen-bond donors (Lipinski definition) is 6. The van der Waals surface area contributed by atoms with Gasteiger partial charge in [0.1, 0.15) is 30.2 Å². The number of carboxylic acids is 1. The highest BCUT2D eigenvalue weighted by Gasteiger charge is 2.51. The molecule has 2 aliphatic rings. The number of aliphatic hydroxyl groups is 3. The minimum Gasteiger partial charge on any atom is -0.505 e. The number of aromatic nitrogens is 1. The second kappa shape index (κ2) is 9.80. The normalized spacial score (nSPS) is 30.5. The van der Waals surface area contributed by atoms with Gasteiger partial charge < -0.3 is 45.1 Å². The molecule has 13 heteroatoms. The van der Waals surface area contributed by atoms with Crippen molar-refractivity contribution in [3.63, 3.8) is 0 Å². The molecule has 1 aromatic carbocycles. The molecule has 2 saturated heterocycles. The van der Waals surface area contributed by atoms with Crippen molar-refractivity contribution < 1.29 is 49.3 Å². The van der Waals surface area contributed by atoms with Gasteiger partial charge in [-0.15, -0.1) is 0 Å². The van der Waals surface area contributed by atoms with E-state index in [0.717, 1.165) is 0 Å². The van der Waals surface area contributed by atoms with Crippen LogP contribution in [0.25, 0.3) is 11.1 Å². The molecule has 0 aliphatic carbocycles. The van der Waals surface area contributed by atoms with E-state index in [2.05, 4.69) is 10.3 Å². The van der Waals surface area contributed by atoms with Crippen molar-refractivity contribution in [3.8, 4) is 16.9 Å². The van der Waals surface area contributed by atoms with Gasteiger partial charge >= 0.3 is 5.97 Å². The van der Waals surface area contributed by atoms with Gasteiger partial charge in [0.05, 0.1) is 0 Å². The van der Waals surface area contributed by atoms with Crippen LogP contribution in [-0.4, -0.2) is 92.0 Å². The Labute approximate surface area is 197 Å². The maximum Gasteiger partial charge on any atom is 0.335 e. The highest BCUT2D eigenvalue weighted by molar-refractivity contribution is 6.30. The number of hydrogen-bond acceptors (Lipinski definition) is 10. The van der Waals surface area contributed by atoms with E-state index in [4.69, 9.17) is 30.9 Å². The van der Waals surface area contributed by atoms with E-state index in [0.29, 0.717) is 16.1 Å². The van der Waals surface area contributed by atoms with Crippen LogP contribution in [0, 0.1) is 0 Å². The molecule has 182 valence electrons. The third-order valence-electron chi connectivity index (χ3n) is 5.32. The number of aliphatic carboxylic acids is 1. The molecule has 1 amide bonds. The van der Waals surface area contributed by atoms with Gasteiger partial charge in [0, 0.05) is 23.3 Å². The van der Waals surface area contributed by atoms with Crippen LogP contribution in [0.3, 0.4) is 0 Å². The molecule has 2 aromatic rings. The Balaban J connectivity index is 1.30. The zero-order valence-corrected chi connectivity index (χ0v) is 18.1. The van der Waals surface area contributed by atoms with Crippen molar-refractivity contribution in [3.05, 3.63) is 47.2 Å². The smallest absolute Gasteiger partial charge is 0.335 e. The average molecular weight is 497 g/mol. The quantitative estimate of drug-likeness (QED) is 0.270. The largest absolute Gasteiger partial charge is 0.505 e. The molecule has 12 nitrogen and oxygen atoms in total. The Bertz CT molecular complexity index is 1090. The summed E-state index contributed by atoms with van der Waals surface area (Å²) >= 11 is 5.97. The number of amides is 1. The van der Waals surface area contributed by atoms with Gasteiger partial charge in [-0.1, -0.05) is 23.7 Å². The maximum absolute atomic E-state index is 12.4. The van der Waals surface area contributed by atoms with Crippen LogP contribution in [0.4, 0.5) is 0 Å². The number of aromatic hydroxyl groups is 1. The summed E-state index contributed by atoms with van der Waals surface area (Å²) in [5.74, 6) is -2.56. The Morgan fingerprint density at radius 2 is 1.82 bits per heavy atom. The van der Waals surface area contributed by atoms with Crippen molar-refractivity contribution in [1.29, 1.82) is 0 Å². The van der Waals surface area contributed by atoms with Gasteiger partial charge in [-0.2, -0.15) is 0 Å². The molecule has 3 heterocycles. The molecule has 6 N–H and O–H groups in total. The number of carboxylic acid groups (broad SMARTS) is 1. The van der Waals surface area contributed by atoms with Gasteiger partial charge in [-0.25, -0.2) is 9.78 Å². The summed E-state index contributed by atoms with van der Waals surface area (Å²) in [7, 11) is 0. The summed E-state index contributed by atoms with van der Waals surface area (Å²) < 4.78 is 15.5. The molecule has 34 heavy (non-hydrogen) atoms. The Hall–Kier alpha value is -2.84. The Morgan fingerprint density at radius 3 is 2.50 bits per heavy atom. The SMILES string of the molecule is O=C(NCC1OC1OC1OC(C(=O)O)C(O)C(O)C1O)c1ncc(-c2cccc(Cl)c2)cc1O.